The van der Waals surface area contributed by atoms with Crippen LogP contribution in [0, 0.1) is 5.82 Å². The average Bonchev–Trinajstić information content (AvgIpc) is 2.99. The summed E-state index contributed by atoms with van der Waals surface area (Å²) in [6, 6.07) is 27.7. The predicted octanol–water partition coefficient (Wildman–Crippen LogP) is 5.84. The van der Waals surface area contributed by atoms with E-state index in [9.17, 15) is 18.0 Å². The predicted molar refractivity (Wildman–Crippen MR) is 167 cm³/mol. The first-order valence-corrected chi connectivity index (χ1v) is 15.6. The molecule has 4 aromatic carbocycles. The van der Waals surface area contributed by atoms with Crippen molar-refractivity contribution in [1.82, 2.24) is 10.2 Å². The van der Waals surface area contributed by atoms with Crippen molar-refractivity contribution in [3.8, 4) is 0 Å². The van der Waals surface area contributed by atoms with E-state index < -0.39 is 40.2 Å². The Bertz CT molecular complexity index is 1650. The zero-order valence-electron chi connectivity index (χ0n) is 23.9. The van der Waals surface area contributed by atoms with E-state index in [1.807, 2.05) is 44.2 Å². The van der Waals surface area contributed by atoms with Crippen molar-refractivity contribution < 1.29 is 22.4 Å². The molecule has 4 rings (SSSR count). The molecule has 0 bridgehead atoms. The maximum Gasteiger partial charge on any atom is 0.264 e. The fourth-order valence-electron chi connectivity index (χ4n) is 4.63. The van der Waals surface area contributed by atoms with Gasteiger partial charge < -0.3 is 10.2 Å². The van der Waals surface area contributed by atoms with Crippen LogP contribution in [0.5, 0.6) is 0 Å². The van der Waals surface area contributed by atoms with Crippen LogP contribution in [-0.2, 0) is 32.6 Å². The first kappa shape index (κ1) is 31.7. The van der Waals surface area contributed by atoms with Crippen LogP contribution in [0.25, 0.3) is 0 Å². The first-order valence-electron chi connectivity index (χ1n) is 13.8. The largest absolute Gasteiger partial charge is 0.352 e. The number of benzene rings is 4. The van der Waals surface area contributed by atoms with Gasteiger partial charge in [0.1, 0.15) is 18.4 Å². The summed E-state index contributed by atoms with van der Waals surface area (Å²) in [5, 5.41) is 3.27. The Labute approximate surface area is 257 Å². The lowest BCUT2D eigenvalue weighted by Crippen LogP contribution is -2.54. The lowest BCUT2D eigenvalue weighted by molar-refractivity contribution is -0.140. The Morgan fingerprint density at radius 2 is 1.42 bits per heavy atom. The van der Waals surface area contributed by atoms with E-state index in [1.165, 1.54) is 35.2 Å². The number of nitrogens with zero attached hydrogens (tertiary/aromatic N) is 2. The quantitative estimate of drug-likeness (QED) is 0.215. The Hall–Kier alpha value is -4.21. The molecule has 43 heavy (non-hydrogen) atoms. The number of para-hydroxylation sites is 1. The zero-order valence-corrected chi connectivity index (χ0v) is 25.4. The molecule has 0 aliphatic heterocycles. The number of rotatable bonds is 12. The van der Waals surface area contributed by atoms with Gasteiger partial charge in [-0.1, -0.05) is 90.5 Å². The molecular weight excluding hydrogens is 589 g/mol. The van der Waals surface area contributed by atoms with E-state index in [0.717, 1.165) is 15.9 Å². The number of carbonyl (C=O) groups is 2. The van der Waals surface area contributed by atoms with Gasteiger partial charge in [-0.15, -0.1) is 0 Å². The van der Waals surface area contributed by atoms with Crippen LogP contribution in [-0.4, -0.2) is 43.8 Å². The summed E-state index contributed by atoms with van der Waals surface area (Å²) in [6.07, 6.45) is 0.153. The highest BCUT2D eigenvalue weighted by Gasteiger charge is 2.35. The second-order valence-electron chi connectivity index (χ2n) is 10.3. The van der Waals surface area contributed by atoms with Crippen molar-refractivity contribution in [3.05, 3.63) is 131 Å². The average molecular weight is 622 g/mol. The molecule has 0 saturated carbocycles. The highest BCUT2D eigenvalue weighted by atomic mass is 35.5. The summed E-state index contributed by atoms with van der Waals surface area (Å²) in [5.74, 6) is -1.93. The molecule has 0 heterocycles. The molecule has 0 aliphatic carbocycles. The van der Waals surface area contributed by atoms with E-state index >= 15 is 4.39 Å². The molecule has 0 unspecified atom stereocenters. The van der Waals surface area contributed by atoms with Gasteiger partial charge in [0, 0.05) is 24.0 Å². The van der Waals surface area contributed by atoms with Crippen LogP contribution in [0.2, 0.25) is 5.02 Å². The third-order valence-electron chi connectivity index (χ3n) is 6.73. The van der Waals surface area contributed by atoms with E-state index in [2.05, 4.69) is 5.32 Å². The number of nitrogens with one attached hydrogen (secondary N) is 1. The minimum atomic E-state index is -4.39. The number of carbonyl (C=O) groups excluding carboxylic acids is 2. The smallest absolute Gasteiger partial charge is 0.264 e. The fourth-order valence-corrected chi connectivity index (χ4v) is 6.27. The second kappa shape index (κ2) is 14.3. The van der Waals surface area contributed by atoms with Gasteiger partial charge in [-0.2, -0.15) is 0 Å². The second-order valence-corrected chi connectivity index (χ2v) is 12.5. The first-order chi connectivity index (χ1) is 20.6. The maximum absolute atomic E-state index is 15.1. The summed E-state index contributed by atoms with van der Waals surface area (Å²) in [7, 11) is -4.39. The van der Waals surface area contributed by atoms with Crippen LogP contribution in [0.3, 0.4) is 0 Å². The van der Waals surface area contributed by atoms with Crippen LogP contribution in [0.4, 0.5) is 10.1 Å². The van der Waals surface area contributed by atoms with Crippen molar-refractivity contribution in [1.29, 1.82) is 0 Å². The Balaban J connectivity index is 1.82. The maximum atomic E-state index is 15.1. The van der Waals surface area contributed by atoms with Gasteiger partial charge in [0.25, 0.3) is 10.0 Å². The van der Waals surface area contributed by atoms with Gasteiger partial charge in [-0.25, -0.2) is 12.8 Å². The Morgan fingerprint density at radius 3 is 2.05 bits per heavy atom. The monoisotopic (exact) mass is 621 g/mol. The van der Waals surface area contributed by atoms with Crippen molar-refractivity contribution >= 4 is 39.1 Å². The number of anilines is 1. The molecule has 0 aromatic heterocycles. The van der Waals surface area contributed by atoms with E-state index in [4.69, 9.17) is 11.6 Å². The van der Waals surface area contributed by atoms with Crippen LogP contribution >= 0.6 is 11.6 Å². The van der Waals surface area contributed by atoms with Crippen LogP contribution in [0.1, 0.15) is 25.0 Å². The Morgan fingerprint density at radius 1 is 0.837 bits per heavy atom. The fraction of sp³-hybridized carbons (Fsp3) is 0.212. The minimum Gasteiger partial charge on any atom is -0.352 e. The summed E-state index contributed by atoms with van der Waals surface area (Å²) in [4.78, 5) is 29.2. The summed E-state index contributed by atoms with van der Waals surface area (Å²) in [5.41, 5.74) is 1.08. The normalized spacial score (nSPS) is 12.0. The number of halogens is 2. The van der Waals surface area contributed by atoms with Gasteiger partial charge in [0.15, 0.2) is 0 Å². The summed E-state index contributed by atoms with van der Waals surface area (Å²) in [6.45, 7) is 2.77. The molecule has 224 valence electrons. The molecule has 4 aromatic rings. The van der Waals surface area contributed by atoms with Gasteiger partial charge in [0.05, 0.1) is 10.6 Å². The summed E-state index contributed by atoms with van der Waals surface area (Å²) >= 11 is 6.48. The minimum absolute atomic E-state index is 0.0853. The topological polar surface area (TPSA) is 86.8 Å². The van der Waals surface area contributed by atoms with Gasteiger partial charge in [-0.05, 0) is 55.3 Å². The molecule has 0 radical (unpaired) electrons. The molecule has 1 N–H and O–H groups in total. The Kier molecular flexibility index (Phi) is 10.6. The number of sulfonamides is 1. The van der Waals surface area contributed by atoms with Crippen molar-refractivity contribution in [2.45, 2.75) is 43.8 Å². The molecular formula is C33H33ClFN3O4S. The lowest BCUT2D eigenvalue weighted by atomic mass is 10.0. The van der Waals surface area contributed by atoms with Gasteiger partial charge in [-0.3, -0.25) is 13.9 Å². The molecule has 1 atom stereocenters. The molecule has 0 saturated heterocycles. The zero-order chi connectivity index (χ0) is 31.0. The SMILES string of the molecule is CC(C)NC(=O)[C@H](Cc1ccccc1)N(Cc1ccccc1Cl)C(=O)CN(c1ccccc1F)S(=O)(=O)c1ccccc1. The van der Waals surface area contributed by atoms with Gasteiger partial charge >= 0.3 is 0 Å². The van der Waals surface area contributed by atoms with Crippen LogP contribution < -0.4 is 9.62 Å². The van der Waals surface area contributed by atoms with E-state index in [-0.39, 0.29) is 29.6 Å². The molecule has 0 spiro atoms. The standard InChI is InChI=1S/C33H33ClFN3O4S/c1-24(2)36-33(40)31(21-25-13-5-3-6-14-25)37(22-26-15-9-10-18-28(26)34)32(39)23-38(30-20-12-11-19-29(30)35)43(41,42)27-16-7-4-8-17-27/h3-20,24,31H,21-23H2,1-2H3,(H,36,40)/t31-/m0/s1. The molecule has 10 heteroatoms. The molecule has 0 aliphatic rings. The highest BCUT2D eigenvalue weighted by molar-refractivity contribution is 7.92. The number of hydrogen-bond donors (Lipinski definition) is 1. The summed E-state index contributed by atoms with van der Waals surface area (Å²) < 4.78 is 43.7. The lowest BCUT2D eigenvalue weighted by Gasteiger charge is -2.34. The van der Waals surface area contributed by atoms with Crippen molar-refractivity contribution in [2.75, 3.05) is 10.8 Å². The molecule has 0 fully saturated rings. The van der Waals surface area contributed by atoms with E-state index in [0.29, 0.717) is 10.6 Å². The number of hydrogen-bond acceptors (Lipinski definition) is 4. The van der Waals surface area contributed by atoms with Crippen molar-refractivity contribution in [2.24, 2.45) is 0 Å². The van der Waals surface area contributed by atoms with Crippen LogP contribution in [0.15, 0.2) is 114 Å². The third kappa shape index (κ3) is 8.00. The third-order valence-corrected chi connectivity index (χ3v) is 8.87. The highest BCUT2D eigenvalue weighted by Crippen LogP contribution is 2.28. The van der Waals surface area contributed by atoms with E-state index in [1.54, 1.807) is 42.5 Å². The van der Waals surface area contributed by atoms with Crippen molar-refractivity contribution in [3.63, 3.8) is 0 Å². The van der Waals surface area contributed by atoms with Gasteiger partial charge in [0.2, 0.25) is 11.8 Å². The molecule has 2 amide bonds. The number of amides is 2. The molecule has 7 nitrogen and oxygen atoms in total.